The van der Waals surface area contributed by atoms with Crippen LogP contribution in [0, 0.1) is 0 Å². The molecule has 124 valence electrons. The van der Waals surface area contributed by atoms with Crippen LogP contribution >= 0.6 is 0 Å². The number of amides is 2. The highest BCUT2D eigenvalue weighted by Gasteiger charge is 2.08. The first-order valence-corrected chi connectivity index (χ1v) is 7.57. The van der Waals surface area contributed by atoms with Crippen LogP contribution in [0.2, 0.25) is 0 Å². The van der Waals surface area contributed by atoms with Crippen molar-refractivity contribution in [1.82, 2.24) is 4.98 Å². The highest BCUT2D eigenvalue weighted by Crippen LogP contribution is 2.17. The third-order valence-electron chi connectivity index (χ3n) is 3.24. The third kappa shape index (κ3) is 4.65. The van der Waals surface area contributed by atoms with Crippen molar-refractivity contribution in [2.24, 2.45) is 0 Å². The first-order valence-electron chi connectivity index (χ1n) is 7.57. The number of ether oxygens (including phenoxy) is 1. The zero-order valence-corrected chi connectivity index (χ0v) is 13.2. The number of para-hydroxylation sites is 1. The maximum atomic E-state index is 12.0. The van der Waals surface area contributed by atoms with Gasteiger partial charge in [-0.25, -0.2) is 4.79 Å². The van der Waals surface area contributed by atoms with Crippen LogP contribution in [0.1, 0.15) is 10.5 Å². The molecule has 1 heterocycles. The van der Waals surface area contributed by atoms with Gasteiger partial charge >= 0.3 is 6.09 Å². The Morgan fingerprint density at radius 1 is 0.760 bits per heavy atom. The van der Waals surface area contributed by atoms with Crippen LogP contribution in [0.5, 0.6) is 5.75 Å². The predicted octanol–water partition coefficient (Wildman–Crippen LogP) is 3.94. The van der Waals surface area contributed by atoms with Crippen molar-refractivity contribution in [3.05, 3.63) is 84.7 Å². The Hall–Kier alpha value is -3.67. The minimum Gasteiger partial charge on any atom is -0.410 e. The zero-order valence-electron chi connectivity index (χ0n) is 13.2. The summed E-state index contributed by atoms with van der Waals surface area (Å²) in [7, 11) is 0. The Balaban J connectivity index is 1.57. The Morgan fingerprint density at radius 2 is 1.44 bits per heavy atom. The monoisotopic (exact) mass is 333 g/mol. The Morgan fingerprint density at radius 3 is 2.12 bits per heavy atom. The maximum Gasteiger partial charge on any atom is 0.417 e. The van der Waals surface area contributed by atoms with Crippen LogP contribution in [0.15, 0.2) is 79.0 Å². The average Bonchev–Trinajstić information content (AvgIpc) is 2.65. The van der Waals surface area contributed by atoms with E-state index in [9.17, 15) is 9.59 Å². The number of hydrogen-bond acceptors (Lipinski definition) is 4. The van der Waals surface area contributed by atoms with Gasteiger partial charge in [0.25, 0.3) is 5.91 Å². The van der Waals surface area contributed by atoms with E-state index in [1.54, 1.807) is 60.8 Å². The molecule has 0 spiro atoms. The SMILES string of the molecule is O=C(Nc1ccccc1)Oc1ccc(NC(=O)c2ccccn2)cc1. The van der Waals surface area contributed by atoms with Crippen LogP contribution in [0.3, 0.4) is 0 Å². The Bertz CT molecular complexity index is 850. The van der Waals surface area contributed by atoms with Crippen LogP contribution in [-0.4, -0.2) is 17.0 Å². The Labute approximate surface area is 144 Å². The summed E-state index contributed by atoms with van der Waals surface area (Å²) in [4.78, 5) is 27.8. The fraction of sp³-hybridized carbons (Fsp3) is 0. The van der Waals surface area contributed by atoms with Crippen molar-refractivity contribution >= 4 is 23.4 Å². The lowest BCUT2D eigenvalue weighted by Crippen LogP contribution is -2.16. The second-order valence-corrected chi connectivity index (χ2v) is 5.07. The molecule has 0 saturated heterocycles. The van der Waals surface area contributed by atoms with Gasteiger partial charge in [-0.15, -0.1) is 0 Å². The number of carbonyl (C=O) groups is 2. The number of nitrogens with one attached hydrogen (secondary N) is 2. The third-order valence-corrected chi connectivity index (χ3v) is 3.24. The molecule has 6 heteroatoms. The fourth-order valence-corrected chi connectivity index (χ4v) is 2.07. The normalized spacial score (nSPS) is 9.92. The van der Waals surface area contributed by atoms with E-state index in [0.29, 0.717) is 22.8 Å². The molecule has 0 aliphatic carbocycles. The summed E-state index contributed by atoms with van der Waals surface area (Å²) >= 11 is 0. The lowest BCUT2D eigenvalue weighted by Gasteiger charge is -2.08. The van der Waals surface area contributed by atoms with Crippen molar-refractivity contribution in [3.63, 3.8) is 0 Å². The molecule has 2 aromatic carbocycles. The van der Waals surface area contributed by atoms with E-state index in [1.165, 1.54) is 0 Å². The molecule has 0 unspecified atom stereocenters. The van der Waals surface area contributed by atoms with Gasteiger partial charge in [0.15, 0.2) is 0 Å². The van der Waals surface area contributed by atoms with Crippen LogP contribution in [0.4, 0.5) is 16.2 Å². The van der Waals surface area contributed by atoms with Crippen molar-refractivity contribution in [3.8, 4) is 5.75 Å². The van der Waals surface area contributed by atoms with Gasteiger partial charge in [-0.05, 0) is 48.5 Å². The van der Waals surface area contributed by atoms with Gasteiger partial charge in [0.05, 0.1) is 0 Å². The first kappa shape index (κ1) is 16.2. The molecular formula is C19H15N3O3. The van der Waals surface area contributed by atoms with Gasteiger partial charge in [-0.2, -0.15) is 0 Å². The summed E-state index contributed by atoms with van der Waals surface area (Å²) in [6, 6.07) is 20.6. The number of aromatic nitrogens is 1. The zero-order chi connectivity index (χ0) is 17.5. The molecule has 3 aromatic rings. The molecule has 6 nitrogen and oxygen atoms in total. The number of carbonyl (C=O) groups excluding carboxylic acids is 2. The standard InChI is InChI=1S/C19H15N3O3/c23-18(17-8-4-5-13-20-17)21-15-9-11-16(12-10-15)25-19(24)22-14-6-2-1-3-7-14/h1-13H,(H,21,23)(H,22,24). The summed E-state index contributed by atoms with van der Waals surface area (Å²) in [5.74, 6) is 0.0559. The number of rotatable bonds is 4. The summed E-state index contributed by atoms with van der Waals surface area (Å²) in [6.45, 7) is 0. The van der Waals surface area contributed by atoms with Gasteiger partial charge in [0, 0.05) is 17.6 Å². The molecule has 0 saturated carbocycles. The molecular weight excluding hydrogens is 318 g/mol. The summed E-state index contributed by atoms with van der Waals surface area (Å²) in [5.41, 5.74) is 1.54. The minimum absolute atomic E-state index is 0.309. The predicted molar refractivity (Wildman–Crippen MR) is 94.7 cm³/mol. The molecule has 2 N–H and O–H groups in total. The molecule has 2 amide bonds. The molecule has 0 radical (unpaired) electrons. The van der Waals surface area contributed by atoms with Crippen molar-refractivity contribution in [2.45, 2.75) is 0 Å². The Kier molecular flexibility index (Phi) is 5.01. The molecule has 0 aliphatic rings. The molecule has 0 fully saturated rings. The lowest BCUT2D eigenvalue weighted by atomic mass is 10.3. The van der Waals surface area contributed by atoms with Crippen LogP contribution < -0.4 is 15.4 Å². The van der Waals surface area contributed by atoms with Gasteiger partial charge in [-0.1, -0.05) is 24.3 Å². The summed E-state index contributed by atoms with van der Waals surface area (Å²) in [6.07, 6.45) is 0.966. The quantitative estimate of drug-likeness (QED) is 0.758. The largest absolute Gasteiger partial charge is 0.417 e. The van der Waals surface area contributed by atoms with Crippen molar-refractivity contribution in [2.75, 3.05) is 10.6 Å². The number of benzene rings is 2. The molecule has 0 atom stereocenters. The second-order valence-electron chi connectivity index (χ2n) is 5.07. The first-order chi connectivity index (χ1) is 12.2. The average molecular weight is 333 g/mol. The number of nitrogens with zero attached hydrogens (tertiary/aromatic N) is 1. The van der Waals surface area contributed by atoms with E-state index in [1.807, 2.05) is 18.2 Å². The highest BCUT2D eigenvalue weighted by atomic mass is 16.6. The number of pyridine rings is 1. The molecule has 3 rings (SSSR count). The molecule has 0 bridgehead atoms. The highest BCUT2D eigenvalue weighted by molar-refractivity contribution is 6.02. The van der Waals surface area contributed by atoms with Gasteiger partial charge < -0.3 is 10.1 Å². The van der Waals surface area contributed by atoms with Crippen LogP contribution in [0.25, 0.3) is 0 Å². The second kappa shape index (κ2) is 7.74. The van der Waals surface area contributed by atoms with E-state index < -0.39 is 6.09 Å². The van der Waals surface area contributed by atoms with Gasteiger partial charge in [0.1, 0.15) is 11.4 Å². The van der Waals surface area contributed by atoms with Crippen molar-refractivity contribution < 1.29 is 14.3 Å². The fourth-order valence-electron chi connectivity index (χ4n) is 2.07. The topological polar surface area (TPSA) is 80.3 Å². The minimum atomic E-state index is -0.587. The van der Waals surface area contributed by atoms with E-state index in [2.05, 4.69) is 15.6 Å². The number of hydrogen-bond donors (Lipinski definition) is 2. The summed E-state index contributed by atoms with van der Waals surface area (Å²) in [5, 5.41) is 5.34. The molecule has 1 aromatic heterocycles. The van der Waals surface area contributed by atoms with E-state index in [0.717, 1.165) is 0 Å². The van der Waals surface area contributed by atoms with Crippen molar-refractivity contribution in [1.29, 1.82) is 0 Å². The lowest BCUT2D eigenvalue weighted by molar-refractivity contribution is 0.102. The summed E-state index contributed by atoms with van der Waals surface area (Å²) < 4.78 is 5.19. The smallest absolute Gasteiger partial charge is 0.410 e. The maximum absolute atomic E-state index is 12.0. The van der Waals surface area contributed by atoms with Crippen LogP contribution in [-0.2, 0) is 0 Å². The van der Waals surface area contributed by atoms with Gasteiger partial charge in [-0.3, -0.25) is 15.1 Å². The van der Waals surface area contributed by atoms with E-state index in [-0.39, 0.29) is 5.91 Å². The number of anilines is 2. The molecule has 25 heavy (non-hydrogen) atoms. The molecule has 0 aliphatic heterocycles. The van der Waals surface area contributed by atoms with Gasteiger partial charge in [0.2, 0.25) is 0 Å². The van der Waals surface area contributed by atoms with E-state index >= 15 is 0 Å². The van der Waals surface area contributed by atoms with E-state index in [4.69, 9.17) is 4.74 Å².